The summed E-state index contributed by atoms with van der Waals surface area (Å²) >= 11 is 1.70. The van der Waals surface area contributed by atoms with Gasteiger partial charge in [0.2, 0.25) is 0 Å². The Kier molecular flexibility index (Phi) is 5.05. The number of thiazole rings is 1. The molecular weight excluding hydrogens is 259 g/mol. The first-order valence-corrected chi connectivity index (χ1v) is 7.44. The van der Waals surface area contributed by atoms with E-state index in [1.807, 2.05) is 19.1 Å². The molecule has 0 amide bonds. The van der Waals surface area contributed by atoms with Crippen LogP contribution in [0.1, 0.15) is 29.1 Å². The van der Waals surface area contributed by atoms with Gasteiger partial charge in [-0.1, -0.05) is 19.1 Å². The van der Waals surface area contributed by atoms with Crippen LogP contribution in [-0.2, 0) is 6.42 Å². The monoisotopic (exact) mass is 278 g/mol. The minimum atomic E-state index is -0.184. The zero-order chi connectivity index (χ0) is 13.7. The van der Waals surface area contributed by atoms with Crippen LogP contribution in [0.25, 0.3) is 0 Å². The van der Waals surface area contributed by atoms with Gasteiger partial charge in [-0.15, -0.1) is 11.3 Å². The van der Waals surface area contributed by atoms with Gasteiger partial charge in [-0.2, -0.15) is 0 Å². The number of halogens is 1. The Morgan fingerprint density at radius 2 is 2.05 bits per heavy atom. The average Bonchev–Trinajstić information content (AvgIpc) is 2.81. The fourth-order valence-electron chi connectivity index (χ4n) is 2.07. The highest BCUT2D eigenvalue weighted by atomic mass is 32.1. The van der Waals surface area contributed by atoms with Crippen molar-refractivity contribution in [2.75, 3.05) is 13.1 Å². The molecule has 0 aliphatic heterocycles. The number of hydrogen-bond acceptors (Lipinski definition) is 3. The van der Waals surface area contributed by atoms with E-state index in [1.54, 1.807) is 11.3 Å². The van der Waals surface area contributed by atoms with Crippen LogP contribution in [0, 0.1) is 12.7 Å². The third kappa shape index (κ3) is 4.11. The van der Waals surface area contributed by atoms with Gasteiger partial charge in [0, 0.05) is 30.0 Å². The van der Waals surface area contributed by atoms with Crippen molar-refractivity contribution < 1.29 is 4.39 Å². The molecule has 0 aliphatic carbocycles. The van der Waals surface area contributed by atoms with Gasteiger partial charge in [-0.05, 0) is 31.2 Å². The normalized spacial score (nSPS) is 12.6. The number of rotatable bonds is 6. The van der Waals surface area contributed by atoms with E-state index in [0.717, 1.165) is 35.8 Å². The molecule has 2 nitrogen and oxygen atoms in total. The highest BCUT2D eigenvalue weighted by Gasteiger charge is 2.14. The first-order chi connectivity index (χ1) is 9.19. The van der Waals surface area contributed by atoms with Crippen LogP contribution in [-0.4, -0.2) is 18.1 Å². The second-order valence-electron chi connectivity index (χ2n) is 4.64. The van der Waals surface area contributed by atoms with E-state index in [9.17, 15) is 4.39 Å². The Hall–Kier alpha value is -1.26. The summed E-state index contributed by atoms with van der Waals surface area (Å²) in [4.78, 5) is 4.52. The maximum Gasteiger partial charge on any atom is 0.123 e. The van der Waals surface area contributed by atoms with E-state index in [2.05, 4.69) is 22.6 Å². The molecule has 19 heavy (non-hydrogen) atoms. The number of nitrogens with zero attached hydrogens (tertiary/aromatic N) is 1. The minimum absolute atomic E-state index is 0.184. The lowest BCUT2D eigenvalue weighted by atomic mass is 9.96. The highest BCUT2D eigenvalue weighted by Crippen LogP contribution is 2.22. The Morgan fingerprint density at radius 1 is 1.32 bits per heavy atom. The molecular formula is C15H19FN2S. The molecule has 1 heterocycles. The highest BCUT2D eigenvalue weighted by molar-refractivity contribution is 7.09. The summed E-state index contributed by atoms with van der Waals surface area (Å²) in [6.45, 7) is 5.93. The lowest BCUT2D eigenvalue weighted by molar-refractivity contribution is 0.588. The number of aryl methyl sites for hydroxylation is 1. The number of hydrogen-bond donors (Lipinski definition) is 1. The molecule has 0 aliphatic rings. The smallest absolute Gasteiger partial charge is 0.123 e. The number of aromatic nitrogens is 1. The zero-order valence-corrected chi connectivity index (χ0v) is 12.1. The summed E-state index contributed by atoms with van der Waals surface area (Å²) in [7, 11) is 0. The molecule has 4 heteroatoms. The van der Waals surface area contributed by atoms with Crippen molar-refractivity contribution in [1.29, 1.82) is 0 Å². The Balaban J connectivity index is 2.13. The van der Waals surface area contributed by atoms with Crippen molar-refractivity contribution in [2.24, 2.45) is 0 Å². The van der Waals surface area contributed by atoms with Gasteiger partial charge in [-0.3, -0.25) is 0 Å². The van der Waals surface area contributed by atoms with E-state index >= 15 is 0 Å². The van der Waals surface area contributed by atoms with Crippen LogP contribution in [0.3, 0.4) is 0 Å². The molecule has 2 aromatic rings. The standard InChI is InChI=1S/C15H19FN2S/c1-3-17-9-13(8-15-18-11(2)10-19-15)12-4-6-14(16)7-5-12/h4-7,10,13,17H,3,8-9H2,1-2H3. The molecule has 1 aromatic heterocycles. The lowest BCUT2D eigenvalue weighted by Crippen LogP contribution is -2.22. The third-order valence-electron chi connectivity index (χ3n) is 3.07. The summed E-state index contributed by atoms with van der Waals surface area (Å²) in [6.07, 6.45) is 0.900. The summed E-state index contributed by atoms with van der Waals surface area (Å²) in [6, 6.07) is 6.80. The van der Waals surface area contributed by atoms with E-state index in [4.69, 9.17) is 0 Å². The van der Waals surface area contributed by atoms with E-state index in [0.29, 0.717) is 5.92 Å². The van der Waals surface area contributed by atoms with Gasteiger partial charge >= 0.3 is 0 Å². The molecule has 1 atom stereocenters. The van der Waals surface area contributed by atoms with E-state index < -0.39 is 0 Å². The minimum Gasteiger partial charge on any atom is -0.316 e. The Morgan fingerprint density at radius 3 is 2.63 bits per heavy atom. The van der Waals surface area contributed by atoms with Crippen LogP contribution >= 0.6 is 11.3 Å². The maximum atomic E-state index is 13.0. The second-order valence-corrected chi connectivity index (χ2v) is 5.59. The Labute approximate surface area is 117 Å². The second kappa shape index (κ2) is 6.78. The number of likely N-dealkylation sites (N-methyl/N-ethyl adjacent to an activating group) is 1. The molecule has 102 valence electrons. The van der Waals surface area contributed by atoms with Gasteiger partial charge in [0.25, 0.3) is 0 Å². The SMILES string of the molecule is CCNCC(Cc1nc(C)cs1)c1ccc(F)cc1. The molecule has 0 fully saturated rings. The predicted molar refractivity (Wildman–Crippen MR) is 78.2 cm³/mol. The topological polar surface area (TPSA) is 24.9 Å². The first-order valence-electron chi connectivity index (χ1n) is 6.56. The fraction of sp³-hybridized carbons (Fsp3) is 0.400. The first kappa shape index (κ1) is 14.2. The summed E-state index contributed by atoms with van der Waals surface area (Å²) in [5, 5.41) is 6.59. The van der Waals surface area contributed by atoms with Crippen LogP contribution in [0.15, 0.2) is 29.6 Å². The molecule has 1 aromatic carbocycles. The Bertz CT molecular complexity index is 507. The third-order valence-corrected chi connectivity index (χ3v) is 4.06. The van der Waals surface area contributed by atoms with Gasteiger partial charge in [-0.25, -0.2) is 9.37 Å². The van der Waals surface area contributed by atoms with Crippen molar-refractivity contribution in [3.8, 4) is 0 Å². The number of nitrogens with one attached hydrogen (secondary N) is 1. The average molecular weight is 278 g/mol. The molecule has 0 radical (unpaired) electrons. The maximum absolute atomic E-state index is 13.0. The molecule has 2 rings (SSSR count). The molecule has 1 N–H and O–H groups in total. The summed E-state index contributed by atoms with van der Waals surface area (Å²) in [5.74, 6) is 0.155. The van der Waals surface area contributed by atoms with Crippen molar-refractivity contribution in [3.63, 3.8) is 0 Å². The number of benzene rings is 1. The largest absolute Gasteiger partial charge is 0.316 e. The van der Waals surface area contributed by atoms with Crippen molar-refractivity contribution >= 4 is 11.3 Å². The quantitative estimate of drug-likeness (QED) is 0.874. The van der Waals surface area contributed by atoms with Crippen molar-refractivity contribution in [3.05, 3.63) is 51.7 Å². The van der Waals surface area contributed by atoms with Gasteiger partial charge in [0.1, 0.15) is 5.82 Å². The fourth-order valence-corrected chi connectivity index (χ4v) is 2.92. The van der Waals surface area contributed by atoms with Gasteiger partial charge < -0.3 is 5.32 Å². The lowest BCUT2D eigenvalue weighted by Gasteiger charge is -2.16. The van der Waals surface area contributed by atoms with Crippen LogP contribution in [0.2, 0.25) is 0 Å². The van der Waals surface area contributed by atoms with E-state index in [1.165, 1.54) is 12.1 Å². The van der Waals surface area contributed by atoms with Crippen LogP contribution < -0.4 is 5.32 Å². The van der Waals surface area contributed by atoms with Crippen LogP contribution in [0.5, 0.6) is 0 Å². The van der Waals surface area contributed by atoms with E-state index in [-0.39, 0.29) is 5.82 Å². The van der Waals surface area contributed by atoms with Gasteiger partial charge in [0.05, 0.1) is 5.01 Å². The van der Waals surface area contributed by atoms with Crippen molar-refractivity contribution in [2.45, 2.75) is 26.2 Å². The van der Waals surface area contributed by atoms with Crippen LogP contribution in [0.4, 0.5) is 4.39 Å². The summed E-state index contributed by atoms with van der Waals surface area (Å²) < 4.78 is 13.0. The molecule has 0 bridgehead atoms. The predicted octanol–water partition coefficient (Wildman–Crippen LogP) is 3.53. The molecule has 0 saturated heterocycles. The zero-order valence-electron chi connectivity index (χ0n) is 11.3. The molecule has 0 saturated carbocycles. The molecule has 1 unspecified atom stereocenters. The van der Waals surface area contributed by atoms with Crippen molar-refractivity contribution in [1.82, 2.24) is 10.3 Å². The van der Waals surface area contributed by atoms with Gasteiger partial charge in [0.15, 0.2) is 0 Å². The summed E-state index contributed by atoms with van der Waals surface area (Å²) in [5.41, 5.74) is 2.23. The molecule has 0 spiro atoms.